The van der Waals surface area contributed by atoms with Gasteiger partial charge in [0.25, 0.3) is 0 Å². The SMILES string of the molecule is CC(C)(C)n1cnnc1-c1cc2ccccc2s1. The first kappa shape index (κ1) is 11.4. The van der Waals surface area contributed by atoms with Gasteiger partial charge in [0.05, 0.1) is 4.88 Å². The molecule has 0 bridgehead atoms. The predicted octanol–water partition coefficient (Wildman–Crippen LogP) is 3.91. The molecule has 0 saturated heterocycles. The van der Waals surface area contributed by atoms with Crippen LogP contribution in [-0.4, -0.2) is 14.8 Å². The number of fused-ring (bicyclic) bond motifs is 1. The third kappa shape index (κ3) is 1.82. The van der Waals surface area contributed by atoms with E-state index in [1.165, 1.54) is 15.0 Å². The van der Waals surface area contributed by atoms with Crippen molar-refractivity contribution in [2.75, 3.05) is 0 Å². The van der Waals surface area contributed by atoms with Crippen LogP contribution < -0.4 is 0 Å². The zero-order chi connectivity index (χ0) is 12.8. The van der Waals surface area contributed by atoms with E-state index in [-0.39, 0.29) is 5.54 Å². The molecule has 2 heterocycles. The van der Waals surface area contributed by atoms with Crippen LogP contribution in [0.25, 0.3) is 20.8 Å². The highest BCUT2D eigenvalue weighted by molar-refractivity contribution is 7.22. The second-order valence-corrected chi connectivity index (χ2v) is 6.43. The Morgan fingerprint density at radius 1 is 1.17 bits per heavy atom. The molecule has 2 aromatic heterocycles. The van der Waals surface area contributed by atoms with Crippen LogP contribution in [0.2, 0.25) is 0 Å². The van der Waals surface area contributed by atoms with Crippen molar-refractivity contribution in [3.05, 3.63) is 36.7 Å². The van der Waals surface area contributed by atoms with E-state index in [4.69, 9.17) is 0 Å². The van der Waals surface area contributed by atoms with Crippen molar-refractivity contribution in [2.24, 2.45) is 0 Å². The van der Waals surface area contributed by atoms with Gasteiger partial charge in [0.1, 0.15) is 6.33 Å². The van der Waals surface area contributed by atoms with E-state index < -0.39 is 0 Å². The average Bonchev–Trinajstić information content (AvgIpc) is 2.94. The monoisotopic (exact) mass is 257 g/mol. The fourth-order valence-corrected chi connectivity index (χ4v) is 3.03. The second kappa shape index (κ2) is 3.92. The van der Waals surface area contributed by atoms with Crippen molar-refractivity contribution in [2.45, 2.75) is 26.3 Å². The molecule has 0 aliphatic carbocycles. The smallest absolute Gasteiger partial charge is 0.174 e. The molecular weight excluding hydrogens is 242 g/mol. The fraction of sp³-hybridized carbons (Fsp3) is 0.286. The largest absolute Gasteiger partial charge is 0.308 e. The highest BCUT2D eigenvalue weighted by atomic mass is 32.1. The first-order valence-corrected chi connectivity index (χ1v) is 6.77. The quantitative estimate of drug-likeness (QED) is 0.661. The third-order valence-corrected chi connectivity index (χ3v) is 4.03. The Bertz CT molecular complexity index is 655. The molecule has 3 aromatic rings. The zero-order valence-electron chi connectivity index (χ0n) is 10.7. The summed E-state index contributed by atoms with van der Waals surface area (Å²) in [7, 11) is 0. The van der Waals surface area contributed by atoms with Crippen LogP contribution in [0.4, 0.5) is 0 Å². The molecule has 0 amide bonds. The number of aromatic nitrogens is 3. The van der Waals surface area contributed by atoms with Gasteiger partial charge in [-0.15, -0.1) is 21.5 Å². The van der Waals surface area contributed by atoms with Crippen molar-refractivity contribution >= 4 is 21.4 Å². The van der Waals surface area contributed by atoms with Crippen LogP contribution in [0.1, 0.15) is 20.8 Å². The van der Waals surface area contributed by atoms with Crippen molar-refractivity contribution in [1.29, 1.82) is 0 Å². The van der Waals surface area contributed by atoms with Crippen LogP contribution >= 0.6 is 11.3 Å². The first-order valence-electron chi connectivity index (χ1n) is 5.95. The Kier molecular flexibility index (Phi) is 2.48. The molecule has 0 N–H and O–H groups in total. The molecule has 3 rings (SSSR count). The van der Waals surface area contributed by atoms with Gasteiger partial charge in [-0.05, 0) is 38.3 Å². The van der Waals surface area contributed by atoms with Gasteiger partial charge in [-0.3, -0.25) is 0 Å². The third-order valence-electron chi connectivity index (χ3n) is 2.92. The molecule has 0 aliphatic heterocycles. The van der Waals surface area contributed by atoms with Gasteiger partial charge in [0.15, 0.2) is 5.82 Å². The molecule has 0 radical (unpaired) electrons. The summed E-state index contributed by atoms with van der Waals surface area (Å²) in [6.07, 6.45) is 1.81. The van der Waals surface area contributed by atoms with Gasteiger partial charge in [-0.2, -0.15) is 0 Å². The Morgan fingerprint density at radius 3 is 2.67 bits per heavy atom. The van der Waals surface area contributed by atoms with Gasteiger partial charge in [0.2, 0.25) is 0 Å². The maximum atomic E-state index is 4.27. The lowest BCUT2D eigenvalue weighted by Crippen LogP contribution is -2.21. The maximum absolute atomic E-state index is 4.27. The standard InChI is InChI=1S/C14H15N3S/c1-14(2,3)17-9-15-16-13(17)12-8-10-6-4-5-7-11(10)18-12/h4-9H,1-3H3. The van der Waals surface area contributed by atoms with E-state index in [1.54, 1.807) is 17.7 Å². The lowest BCUT2D eigenvalue weighted by atomic mass is 10.1. The minimum absolute atomic E-state index is 0.00495. The Hall–Kier alpha value is -1.68. The summed E-state index contributed by atoms with van der Waals surface area (Å²) >= 11 is 1.76. The molecule has 92 valence electrons. The van der Waals surface area contributed by atoms with E-state index in [1.807, 2.05) is 0 Å². The fourth-order valence-electron chi connectivity index (χ4n) is 1.99. The number of rotatable bonds is 1. The highest BCUT2D eigenvalue weighted by Gasteiger charge is 2.19. The van der Waals surface area contributed by atoms with Crippen molar-refractivity contribution in [3.8, 4) is 10.7 Å². The van der Waals surface area contributed by atoms with E-state index in [0.717, 1.165) is 5.82 Å². The molecule has 0 fully saturated rings. The average molecular weight is 257 g/mol. The molecule has 1 aromatic carbocycles. The van der Waals surface area contributed by atoms with Gasteiger partial charge < -0.3 is 4.57 Å². The van der Waals surface area contributed by atoms with Crippen molar-refractivity contribution < 1.29 is 0 Å². The number of hydrogen-bond acceptors (Lipinski definition) is 3. The summed E-state index contributed by atoms with van der Waals surface area (Å²) in [5.74, 6) is 0.948. The Morgan fingerprint density at radius 2 is 1.94 bits per heavy atom. The Labute approximate surface area is 110 Å². The molecule has 0 atom stereocenters. The summed E-state index contributed by atoms with van der Waals surface area (Å²) in [5, 5.41) is 9.59. The summed E-state index contributed by atoms with van der Waals surface area (Å²) in [5.41, 5.74) is -0.00495. The molecule has 4 heteroatoms. The lowest BCUT2D eigenvalue weighted by Gasteiger charge is -2.21. The number of benzene rings is 1. The van der Waals surface area contributed by atoms with Crippen LogP contribution in [0, 0.1) is 0 Å². The zero-order valence-corrected chi connectivity index (χ0v) is 11.5. The van der Waals surface area contributed by atoms with Gasteiger partial charge in [-0.25, -0.2) is 0 Å². The molecule has 3 nitrogen and oxygen atoms in total. The van der Waals surface area contributed by atoms with Crippen molar-refractivity contribution in [3.63, 3.8) is 0 Å². The van der Waals surface area contributed by atoms with Crippen molar-refractivity contribution in [1.82, 2.24) is 14.8 Å². The van der Waals surface area contributed by atoms with E-state index in [2.05, 4.69) is 65.9 Å². The van der Waals surface area contributed by atoms with E-state index in [0.29, 0.717) is 0 Å². The molecular formula is C14H15N3S. The minimum Gasteiger partial charge on any atom is -0.308 e. The molecule has 0 spiro atoms. The highest BCUT2D eigenvalue weighted by Crippen LogP contribution is 2.33. The van der Waals surface area contributed by atoms with E-state index >= 15 is 0 Å². The van der Waals surface area contributed by atoms with Crippen LogP contribution in [0.5, 0.6) is 0 Å². The second-order valence-electron chi connectivity index (χ2n) is 5.34. The minimum atomic E-state index is -0.00495. The maximum Gasteiger partial charge on any atom is 0.174 e. The molecule has 18 heavy (non-hydrogen) atoms. The molecule has 0 aliphatic rings. The Balaban J connectivity index is 2.18. The van der Waals surface area contributed by atoms with Crippen LogP contribution in [0.15, 0.2) is 36.7 Å². The predicted molar refractivity (Wildman–Crippen MR) is 75.8 cm³/mol. The molecule has 0 unspecified atom stereocenters. The van der Waals surface area contributed by atoms with Gasteiger partial charge in [-0.1, -0.05) is 18.2 Å². The van der Waals surface area contributed by atoms with Gasteiger partial charge >= 0.3 is 0 Å². The van der Waals surface area contributed by atoms with Gasteiger partial charge in [0, 0.05) is 10.2 Å². The topological polar surface area (TPSA) is 30.7 Å². The number of hydrogen-bond donors (Lipinski definition) is 0. The molecule has 0 saturated carbocycles. The first-order chi connectivity index (χ1) is 8.55. The number of nitrogens with zero attached hydrogens (tertiary/aromatic N) is 3. The summed E-state index contributed by atoms with van der Waals surface area (Å²) in [6, 6.07) is 10.6. The summed E-state index contributed by atoms with van der Waals surface area (Å²) < 4.78 is 3.41. The summed E-state index contributed by atoms with van der Waals surface area (Å²) in [6.45, 7) is 6.48. The van der Waals surface area contributed by atoms with Crippen LogP contribution in [0.3, 0.4) is 0 Å². The lowest BCUT2D eigenvalue weighted by molar-refractivity contribution is 0.400. The number of thiophene rings is 1. The normalized spacial score (nSPS) is 12.2. The van der Waals surface area contributed by atoms with Crippen LogP contribution in [-0.2, 0) is 5.54 Å². The van der Waals surface area contributed by atoms with E-state index in [9.17, 15) is 0 Å². The summed E-state index contributed by atoms with van der Waals surface area (Å²) in [4.78, 5) is 1.17.